The molecule has 3 fully saturated rings. The van der Waals surface area contributed by atoms with Gasteiger partial charge in [0.05, 0.1) is 11.5 Å². The van der Waals surface area contributed by atoms with Crippen molar-refractivity contribution in [2.75, 3.05) is 13.1 Å². The molecular formula is C21H27NO5. The molecule has 0 amide bonds. The topological polar surface area (TPSA) is 93.4 Å². The Morgan fingerprint density at radius 1 is 1.15 bits per heavy atom. The Balaban J connectivity index is 1.57. The van der Waals surface area contributed by atoms with E-state index in [1.807, 2.05) is 6.07 Å². The Morgan fingerprint density at radius 3 is 2.70 bits per heavy atom. The highest BCUT2D eigenvalue weighted by molar-refractivity contribution is 5.63. The van der Waals surface area contributed by atoms with Crippen molar-refractivity contribution in [1.29, 1.82) is 0 Å². The van der Waals surface area contributed by atoms with Crippen molar-refractivity contribution in [3.8, 4) is 11.5 Å². The molecule has 1 saturated heterocycles. The van der Waals surface area contributed by atoms with Gasteiger partial charge in [-0.05, 0) is 49.7 Å². The third kappa shape index (κ3) is 1.69. The summed E-state index contributed by atoms with van der Waals surface area (Å²) in [5, 5.41) is 45.2. The summed E-state index contributed by atoms with van der Waals surface area (Å²) in [4.78, 5) is 2.10. The van der Waals surface area contributed by atoms with Crippen LogP contribution in [0.15, 0.2) is 12.1 Å². The van der Waals surface area contributed by atoms with E-state index in [9.17, 15) is 20.4 Å². The molecule has 5 aliphatic rings. The van der Waals surface area contributed by atoms with Crippen LogP contribution in [0.2, 0.25) is 0 Å². The van der Waals surface area contributed by atoms with E-state index >= 15 is 0 Å². The maximum Gasteiger partial charge on any atom is 0.165 e. The first-order valence-corrected chi connectivity index (χ1v) is 10.3. The number of hydrogen-bond donors (Lipinski definition) is 4. The van der Waals surface area contributed by atoms with Gasteiger partial charge in [-0.25, -0.2) is 0 Å². The van der Waals surface area contributed by atoms with Crippen LogP contribution in [0.1, 0.15) is 49.7 Å². The molecule has 2 aliphatic heterocycles. The maximum absolute atomic E-state index is 12.1. The molecule has 6 nitrogen and oxygen atoms in total. The van der Waals surface area contributed by atoms with E-state index in [2.05, 4.69) is 4.90 Å². The van der Waals surface area contributed by atoms with Gasteiger partial charge in [0.15, 0.2) is 17.2 Å². The largest absolute Gasteiger partial charge is 0.504 e. The fourth-order valence-electron chi connectivity index (χ4n) is 6.86. The van der Waals surface area contributed by atoms with E-state index in [-0.39, 0.29) is 5.75 Å². The van der Waals surface area contributed by atoms with Crippen LogP contribution in [-0.2, 0) is 11.8 Å². The number of aliphatic hydroxyl groups is 3. The second kappa shape index (κ2) is 4.98. The zero-order chi connectivity index (χ0) is 18.6. The van der Waals surface area contributed by atoms with Gasteiger partial charge in [0.25, 0.3) is 0 Å². The number of aromatic hydroxyl groups is 1. The van der Waals surface area contributed by atoms with Gasteiger partial charge >= 0.3 is 0 Å². The van der Waals surface area contributed by atoms with Crippen molar-refractivity contribution < 1.29 is 25.2 Å². The van der Waals surface area contributed by atoms with Crippen LogP contribution in [0, 0.1) is 5.92 Å². The molecule has 1 aromatic rings. The Hall–Kier alpha value is -1.34. The zero-order valence-corrected chi connectivity index (χ0v) is 15.4. The lowest BCUT2D eigenvalue weighted by Gasteiger charge is -2.67. The molecule has 6 rings (SSSR count). The van der Waals surface area contributed by atoms with E-state index in [4.69, 9.17) is 4.74 Å². The van der Waals surface area contributed by atoms with E-state index in [0.717, 1.165) is 17.7 Å². The Bertz CT molecular complexity index is 825. The number of nitrogens with zero attached hydrogens (tertiary/aromatic N) is 1. The summed E-state index contributed by atoms with van der Waals surface area (Å²) in [6.07, 6.45) is 3.94. The normalized spacial score (nSPS) is 45.1. The molecule has 4 N–H and O–H groups in total. The summed E-state index contributed by atoms with van der Waals surface area (Å²) in [6.45, 7) is 1.47. The second-order valence-electron chi connectivity index (χ2n) is 9.41. The van der Waals surface area contributed by atoms with Gasteiger partial charge in [-0.2, -0.15) is 0 Å². The lowest BCUT2D eigenvalue weighted by Crippen LogP contribution is -2.83. The van der Waals surface area contributed by atoms with Crippen LogP contribution in [0.4, 0.5) is 0 Å². The monoisotopic (exact) mass is 373 g/mol. The number of ether oxygens (including phenoxy) is 1. The average molecular weight is 373 g/mol. The summed E-state index contributed by atoms with van der Waals surface area (Å²) in [5.41, 5.74) is -1.88. The first kappa shape index (κ1) is 16.6. The summed E-state index contributed by atoms with van der Waals surface area (Å²) in [5.74, 6) is 1.04. The van der Waals surface area contributed by atoms with Crippen LogP contribution in [-0.4, -0.2) is 61.9 Å². The molecule has 146 valence electrons. The van der Waals surface area contributed by atoms with Gasteiger partial charge in [-0.15, -0.1) is 0 Å². The number of benzene rings is 1. The molecule has 27 heavy (non-hydrogen) atoms. The number of hydrogen-bond acceptors (Lipinski definition) is 6. The third-order valence-electron chi connectivity index (χ3n) is 8.39. The number of aliphatic hydroxyl groups excluding tert-OH is 1. The molecular weight excluding hydrogens is 346 g/mol. The fourth-order valence-corrected chi connectivity index (χ4v) is 6.86. The van der Waals surface area contributed by atoms with Gasteiger partial charge in [0.2, 0.25) is 0 Å². The van der Waals surface area contributed by atoms with Gasteiger partial charge in [-0.1, -0.05) is 12.5 Å². The predicted octanol–water partition coefficient (Wildman–Crippen LogP) is 1.03. The molecule has 0 radical (unpaired) electrons. The minimum atomic E-state index is -1.39. The average Bonchev–Trinajstić information content (AvgIpc) is 2.95. The first-order valence-electron chi connectivity index (χ1n) is 10.3. The number of phenolic OH excluding ortho intramolecular Hbond substituents is 1. The lowest BCUT2D eigenvalue weighted by atomic mass is 9.47. The van der Waals surface area contributed by atoms with Crippen LogP contribution in [0.3, 0.4) is 0 Å². The summed E-state index contributed by atoms with van der Waals surface area (Å²) >= 11 is 0. The quantitative estimate of drug-likeness (QED) is 0.619. The number of rotatable bonds is 2. The molecule has 3 aliphatic carbocycles. The molecule has 2 bridgehead atoms. The van der Waals surface area contributed by atoms with Gasteiger partial charge in [0, 0.05) is 25.1 Å². The number of likely N-dealkylation sites (tertiary alicyclic amines) is 1. The Morgan fingerprint density at radius 2 is 1.96 bits per heavy atom. The van der Waals surface area contributed by atoms with Crippen LogP contribution in [0.25, 0.3) is 0 Å². The maximum atomic E-state index is 12.1. The minimum absolute atomic E-state index is 0.0504. The van der Waals surface area contributed by atoms with Gasteiger partial charge in [-0.3, -0.25) is 4.90 Å². The SMILES string of the molecule is Oc1ccc2c3c1OC1[C@@H](O)CC[C@]4(O)[C@@]31CCN(CC1CCC1)[C@]4(O)C2. The Kier molecular flexibility index (Phi) is 3.06. The van der Waals surface area contributed by atoms with Gasteiger partial charge in [0.1, 0.15) is 11.7 Å². The molecule has 0 aromatic heterocycles. The van der Waals surface area contributed by atoms with E-state index < -0.39 is 28.9 Å². The summed E-state index contributed by atoms with van der Waals surface area (Å²) < 4.78 is 6.09. The molecule has 5 atom stereocenters. The molecule has 2 saturated carbocycles. The Labute approximate surface area is 158 Å². The van der Waals surface area contributed by atoms with E-state index in [0.29, 0.717) is 43.9 Å². The molecule has 2 heterocycles. The first-order chi connectivity index (χ1) is 12.9. The fraction of sp³-hybridized carbons (Fsp3) is 0.714. The highest BCUT2D eigenvalue weighted by atomic mass is 16.5. The van der Waals surface area contributed by atoms with Crippen LogP contribution in [0.5, 0.6) is 11.5 Å². The van der Waals surface area contributed by atoms with E-state index in [1.54, 1.807) is 6.07 Å². The van der Waals surface area contributed by atoms with Gasteiger partial charge < -0.3 is 25.2 Å². The lowest BCUT2D eigenvalue weighted by molar-refractivity contribution is -0.319. The third-order valence-corrected chi connectivity index (χ3v) is 8.39. The summed E-state index contributed by atoms with van der Waals surface area (Å²) in [7, 11) is 0. The smallest absolute Gasteiger partial charge is 0.165 e. The minimum Gasteiger partial charge on any atom is -0.504 e. The zero-order valence-electron chi connectivity index (χ0n) is 15.4. The second-order valence-corrected chi connectivity index (χ2v) is 9.41. The highest BCUT2D eigenvalue weighted by Crippen LogP contribution is 2.67. The summed E-state index contributed by atoms with van der Waals surface area (Å²) in [6, 6.07) is 3.45. The molecule has 1 unspecified atom stereocenters. The number of phenols is 1. The van der Waals surface area contributed by atoms with Crippen molar-refractivity contribution in [2.45, 2.75) is 73.9 Å². The van der Waals surface area contributed by atoms with Crippen molar-refractivity contribution in [3.05, 3.63) is 23.3 Å². The molecule has 6 heteroatoms. The molecule has 1 aromatic carbocycles. The van der Waals surface area contributed by atoms with Crippen molar-refractivity contribution >= 4 is 0 Å². The number of piperidine rings is 1. The highest BCUT2D eigenvalue weighted by Gasteiger charge is 2.77. The van der Waals surface area contributed by atoms with Crippen molar-refractivity contribution in [3.63, 3.8) is 0 Å². The van der Waals surface area contributed by atoms with Crippen LogP contribution < -0.4 is 4.74 Å². The predicted molar refractivity (Wildman–Crippen MR) is 96.6 cm³/mol. The standard InChI is InChI=1S/C21H27NO5/c23-14-5-4-13-10-21(26)20(25)7-6-15(24)18-19(20,16(13)17(14)27-18)8-9-22(21)11-12-2-1-3-12/h4-5,12,15,18,23-26H,1-3,6-11H2/t15-,18?,19-,20-,21-/m0/s1. The van der Waals surface area contributed by atoms with Crippen LogP contribution >= 0.6 is 0 Å². The van der Waals surface area contributed by atoms with Crippen molar-refractivity contribution in [2.24, 2.45) is 5.92 Å². The van der Waals surface area contributed by atoms with E-state index in [1.165, 1.54) is 19.3 Å². The van der Waals surface area contributed by atoms with Crippen molar-refractivity contribution in [1.82, 2.24) is 4.90 Å². The molecule has 1 spiro atoms.